The van der Waals surface area contributed by atoms with Crippen LogP contribution < -0.4 is 5.32 Å². The first-order valence-corrected chi connectivity index (χ1v) is 8.27. The van der Waals surface area contributed by atoms with Crippen LogP contribution in [0.5, 0.6) is 0 Å². The fourth-order valence-corrected chi connectivity index (χ4v) is 4.06. The van der Waals surface area contributed by atoms with Gasteiger partial charge in [-0.3, -0.25) is 0 Å². The third-order valence-electron chi connectivity index (χ3n) is 3.35. The van der Waals surface area contributed by atoms with Crippen LogP contribution in [-0.4, -0.2) is 17.5 Å². The lowest BCUT2D eigenvalue weighted by Gasteiger charge is -2.24. The molecule has 1 N–H and O–H groups in total. The average Bonchev–Trinajstić information content (AvgIpc) is 2.37. The highest BCUT2D eigenvalue weighted by atomic mass is 35.5. The fourth-order valence-electron chi connectivity index (χ4n) is 2.24. The molecular weight excluding hydrogens is 285 g/mol. The third kappa shape index (κ3) is 4.06. The summed E-state index contributed by atoms with van der Waals surface area (Å²) in [7, 11) is 0. The van der Waals surface area contributed by atoms with Gasteiger partial charge in [0, 0.05) is 27.9 Å². The zero-order valence-corrected chi connectivity index (χ0v) is 12.9. The van der Waals surface area contributed by atoms with Crippen molar-refractivity contribution in [2.24, 2.45) is 0 Å². The zero-order chi connectivity index (χ0) is 13.0. The van der Waals surface area contributed by atoms with E-state index in [4.69, 9.17) is 23.2 Å². The summed E-state index contributed by atoms with van der Waals surface area (Å²) in [5.41, 5.74) is 1.13. The Labute approximate surface area is 124 Å². The number of halogens is 2. The van der Waals surface area contributed by atoms with E-state index in [1.807, 2.05) is 18.2 Å². The van der Waals surface area contributed by atoms with Crippen molar-refractivity contribution in [1.29, 1.82) is 0 Å². The smallest absolute Gasteiger partial charge is 0.0468 e. The maximum absolute atomic E-state index is 6.22. The highest BCUT2D eigenvalue weighted by molar-refractivity contribution is 7.99. The van der Waals surface area contributed by atoms with Crippen molar-refractivity contribution in [2.45, 2.75) is 37.5 Å². The number of benzene rings is 1. The summed E-state index contributed by atoms with van der Waals surface area (Å²) >= 11 is 14.2. The highest BCUT2D eigenvalue weighted by Gasteiger charge is 2.16. The normalized spacial score (nSPS) is 21.8. The zero-order valence-electron chi connectivity index (χ0n) is 10.6. The maximum atomic E-state index is 6.22. The summed E-state index contributed by atoms with van der Waals surface area (Å²) in [5, 5.41) is 5.78. The minimum atomic E-state index is 0.275. The Bertz CT molecular complexity index is 391. The molecule has 0 spiro atoms. The topological polar surface area (TPSA) is 12.0 Å². The van der Waals surface area contributed by atoms with Gasteiger partial charge >= 0.3 is 0 Å². The van der Waals surface area contributed by atoms with E-state index in [9.17, 15) is 0 Å². The van der Waals surface area contributed by atoms with E-state index in [2.05, 4.69) is 24.0 Å². The number of rotatable bonds is 4. The summed E-state index contributed by atoms with van der Waals surface area (Å²) in [5.74, 6) is 1.31. The molecule has 100 valence electrons. The van der Waals surface area contributed by atoms with E-state index in [0.29, 0.717) is 5.02 Å². The molecule has 0 amide bonds. The molecule has 1 heterocycles. The lowest BCUT2D eigenvalue weighted by molar-refractivity contribution is 0.538. The second kappa shape index (κ2) is 7.04. The SMILES string of the molecule is CC(NCC1CCCCS1)c1ccc(Cl)cc1Cl. The van der Waals surface area contributed by atoms with Crippen molar-refractivity contribution in [1.82, 2.24) is 5.32 Å². The van der Waals surface area contributed by atoms with Crippen molar-refractivity contribution in [3.63, 3.8) is 0 Å². The first kappa shape index (κ1) is 14.5. The Hall–Kier alpha value is 0.110. The molecule has 1 fully saturated rings. The lowest BCUT2D eigenvalue weighted by Crippen LogP contribution is -2.29. The molecule has 4 heteroatoms. The standard InChI is InChI=1S/C14H19Cl2NS/c1-10(13-6-5-11(15)8-14(13)16)17-9-12-4-2-3-7-18-12/h5-6,8,10,12,17H,2-4,7,9H2,1H3. The van der Waals surface area contributed by atoms with Crippen LogP contribution >= 0.6 is 35.0 Å². The molecule has 1 nitrogen and oxygen atoms in total. The van der Waals surface area contributed by atoms with Gasteiger partial charge in [0.15, 0.2) is 0 Å². The number of nitrogens with one attached hydrogen (secondary N) is 1. The fraction of sp³-hybridized carbons (Fsp3) is 0.571. The van der Waals surface area contributed by atoms with E-state index in [1.165, 1.54) is 25.0 Å². The summed E-state index contributed by atoms with van der Waals surface area (Å²) < 4.78 is 0. The summed E-state index contributed by atoms with van der Waals surface area (Å²) in [6.45, 7) is 3.22. The molecule has 1 aromatic carbocycles. The Morgan fingerprint density at radius 1 is 1.39 bits per heavy atom. The van der Waals surface area contributed by atoms with Gasteiger partial charge in [-0.05, 0) is 43.2 Å². The van der Waals surface area contributed by atoms with Crippen molar-refractivity contribution in [2.75, 3.05) is 12.3 Å². The van der Waals surface area contributed by atoms with Crippen LogP contribution in [0.1, 0.15) is 37.8 Å². The van der Waals surface area contributed by atoms with E-state index in [0.717, 1.165) is 22.4 Å². The molecule has 0 radical (unpaired) electrons. The first-order valence-electron chi connectivity index (χ1n) is 6.47. The average molecular weight is 304 g/mol. The molecular formula is C14H19Cl2NS. The van der Waals surface area contributed by atoms with E-state index < -0.39 is 0 Å². The molecule has 1 aliphatic rings. The Balaban J connectivity index is 1.88. The van der Waals surface area contributed by atoms with E-state index in [-0.39, 0.29) is 6.04 Å². The Morgan fingerprint density at radius 3 is 2.89 bits per heavy atom. The minimum Gasteiger partial charge on any atom is -0.309 e. The van der Waals surface area contributed by atoms with Crippen molar-refractivity contribution in [3.05, 3.63) is 33.8 Å². The van der Waals surface area contributed by atoms with Gasteiger partial charge in [-0.2, -0.15) is 11.8 Å². The number of hydrogen-bond donors (Lipinski definition) is 1. The minimum absolute atomic E-state index is 0.275. The van der Waals surface area contributed by atoms with Crippen molar-refractivity contribution in [3.8, 4) is 0 Å². The molecule has 1 aliphatic heterocycles. The summed E-state index contributed by atoms with van der Waals surface area (Å²) in [4.78, 5) is 0. The molecule has 0 bridgehead atoms. The van der Waals surface area contributed by atoms with Gasteiger partial charge in [0.1, 0.15) is 0 Å². The van der Waals surface area contributed by atoms with E-state index in [1.54, 1.807) is 0 Å². The van der Waals surface area contributed by atoms with Crippen LogP contribution in [-0.2, 0) is 0 Å². The Morgan fingerprint density at radius 2 is 2.22 bits per heavy atom. The van der Waals surface area contributed by atoms with Gasteiger partial charge in [0.25, 0.3) is 0 Å². The molecule has 18 heavy (non-hydrogen) atoms. The molecule has 0 saturated carbocycles. The van der Waals surface area contributed by atoms with Crippen LogP contribution in [0.15, 0.2) is 18.2 Å². The quantitative estimate of drug-likeness (QED) is 0.846. The van der Waals surface area contributed by atoms with Crippen molar-refractivity contribution < 1.29 is 0 Å². The summed E-state index contributed by atoms with van der Waals surface area (Å²) in [6.07, 6.45) is 4.08. The van der Waals surface area contributed by atoms with Gasteiger partial charge in [0.2, 0.25) is 0 Å². The highest BCUT2D eigenvalue weighted by Crippen LogP contribution is 2.28. The molecule has 0 aliphatic carbocycles. The van der Waals surface area contributed by atoms with Crippen LogP contribution in [0.4, 0.5) is 0 Å². The molecule has 1 aromatic rings. The predicted molar refractivity (Wildman–Crippen MR) is 83.0 cm³/mol. The molecule has 0 aromatic heterocycles. The van der Waals surface area contributed by atoms with Gasteiger partial charge in [-0.25, -0.2) is 0 Å². The summed E-state index contributed by atoms with van der Waals surface area (Å²) in [6, 6.07) is 6.00. The van der Waals surface area contributed by atoms with Gasteiger partial charge in [0.05, 0.1) is 0 Å². The number of hydrogen-bond acceptors (Lipinski definition) is 2. The first-order chi connectivity index (χ1) is 8.66. The van der Waals surface area contributed by atoms with Crippen molar-refractivity contribution >= 4 is 35.0 Å². The number of thioether (sulfide) groups is 1. The lowest BCUT2D eigenvalue weighted by atomic mass is 10.1. The second-order valence-electron chi connectivity index (χ2n) is 4.78. The predicted octanol–water partition coefficient (Wildman–Crippen LogP) is 4.93. The van der Waals surface area contributed by atoms with Gasteiger partial charge in [-0.1, -0.05) is 35.7 Å². The third-order valence-corrected chi connectivity index (χ3v) is 5.32. The van der Waals surface area contributed by atoms with Gasteiger partial charge in [-0.15, -0.1) is 0 Å². The molecule has 2 rings (SSSR count). The molecule has 1 saturated heterocycles. The van der Waals surface area contributed by atoms with Crippen LogP contribution in [0, 0.1) is 0 Å². The molecule has 2 unspecified atom stereocenters. The van der Waals surface area contributed by atoms with Crippen LogP contribution in [0.25, 0.3) is 0 Å². The second-order valence-corrected chi connectivity index (χ2v) is 7.04. The largest absolute Gasteiger partial charge is 0.309 e. The van der Waals surface area contributed by atoms with E-state index >= 15 is 0 Å². The molecule has 2 atom stereocenters. The van der Waals surface area contributed by atoms with Gasteiger partial charge < -0.3 is 5.32 Å². The van der Waals surface area contributed by atoms with Crippen LogP contribution in [0.3, 0.4) is 0 Å². The monoisotopic (exact) mass is 303 g/mol. The maximum Gasteiger partial charge on any atom is 0.0468 e. The Kier molecular flexibility index (Phi) is 5.68. The van der Waals surface area contributed by atoms with Crippen LogP contribution in [0.2, 0.25) is 10.0 Å².